The molecule has 0 atom stereocenters. The number of carbonyl (C=O) groups excluding carboxylic acids is 1. The lowest BCUT2D eigenvalue weighted by atomic mass is 10.2. The van der Waals surface area contributed by atoms with Crippen molar-refractivity contribution in [3.8, 4) is 0 Å². The van der Waals surface area contributed by atoms with E-state index in [9.17, 15) is 22.4 Å². The van der Waals surface area contributed by atoms with Crippen LogP contribution in [-0.4, -0.2) is 53.2 Å². The van der Waals surface area contributed by atoms with Crippen LogP contribution in [0.15, 0.2) is 24.3 Å². The zero-order valence-electron chi connectivity index (χ0n) is 14.0. The van der Waals surface area contributed by atoms with Gasteiger partial charge in [0.2, 0.25) is 10.1 Å². The highest BCUT2D eigenvalue weighted by Gasteiger charge is 2.36. The van der Waals surface area contributed by atoms with E-state index >= 15 is 0 Å². The highest BCUT2D eigenvalue weighted by Crippen LogP contribution is 2.33. The van der Waals surface area contributed by atoms with Crippen molar-refractivity contribution in [3.63, 3.8) is 0 Å². The minimum atomic E-state index is -4.61. The molecule has 1 aromatic heterocycles. The van der Waals surface area contributed by atoms with Gasteiger partial charge in [0, 0.05) is 19.6 Å². The average Bonchev–Trinajstić information content (AvgIpc) is 3.01. The van der Waals surface area contributed by atoms with Crippen LogP contribution in [0.4, 0.5) is 27.5 Å². The molecule has 0 spiro atoms. The van der Waals surface area contributed by atoms with Crippen LogP contribution >= 0.6 is 11.3 Å². The van der Waals surface area contributed by atoms with Gasteiger partial charge in [-0.05, 0) is 31.8 Å². The Bertz CT molecular complexity index is 732. The Kier molecular flexibility index (Phi) is 6.48. The molecule has 0 saturated carbocycles. The number of nitrogens with zero attached hydrogens (tertiary/aromatic N) is 4. The quantitative estimate of drug-likeness (QED) is 0.768. The standard InChI is InChI=1S/C15H17F4N5OS/c1-23(2)7-8-24(9-10-3-5-11(16)6-4-10)14(25)20-13-22-21-12(26-13)15(17,18)19/h3-6H,7-9H2,1-2H3,(H,20,22,25). The van der Waals surface area contributed by atoms with Gasteiger partial charge in [-0.15, -0.1) is 10.2 Å². The second kappa shape index (κ2) is 8.41. The molecule has 11 heteroatoms. The van der Waals surface area contributed by atoms with E-state index in [1.54, 1.807) is 0 Å². The first-order chi connectivity index (χ1) is 12.1. The van der Waals surface area contributed by atoms with E-state index in [1.807, 2.05) is 19.0 Å². The maximum atomic E-state index is 13.0. The zero-order chi connectivity index (χ0) is 19.3. The number of anilines is 1. The van der Waals surface area contributed by atoms with Crippen molar-refractivity contribution in [1.82, 2.24) is 20.0 Å². The van der Waals surface area contributed by atoms with Crippen LogP contribution in [0.1, 0.15) is 10.6 Å². The number of likely N-dealkylation sites (N-methyl/N-ethyl adjacent to an activating group) is 1. The molecule has 0 fully saturated rings. The lowest BCUT2D eigenvalue weighted by molar-refractivity contribution is -0.138. The summed E-state index contributed by atoms with van der Waals surface area (Å²) in [5.41, 5.74) is 0.688. The third-order valence-electron chi connectivity index (χ3n) is 3.27. The number of urea groups is 1. The molecule has 0 radical (unpaired) electrons. The summed E-state index contributed by atoms with van der Waals surface area (Å²) in [6.45, 7) is 1.03. The van der Waals surface area contributed by atoms with Crippen LogP contribution in [0.2, 0.25) is 0 Å². The van der Waals surface area contributed by atoms with E-state index in [1.165, 1.54) is 29.2 Å². The lowest BCUT2D eigenvalue weighted by Gasteiger charge is -2.24. The summed E-state index contributed by atoms with van der Waals surface area (Å²) < 4.78 is 50.7. The van der Waals surface area contributed by atoms with Gasteiger partial charge in [0.05, 0.1) is 0 Å². The molecule has 2 amide bonds. The third-order valence-corrected chi connectivity index (χ3v) is 4.16. The third kappa shape index (κ3) is 5.92. The molecule has 142 valence electrons. The van der Waals surface area contributed by atoms with Gasteiger partial charge in [0.15, 0.2) is 0 Å². The predicted octanol–water partition coefficient (Wildman–Crippen LogP) is 3.29. The Balaban J connectivity index is 2.09. The fourth-order valence-electron chi connectivity index (χ4n) is 1.94. The Morgan fingerprint density at radius 3 is 2.35 bits per heavy atom. The second-order valence-corrected chi connectivity index (χ2v) is 6.67. The molecule has 1 heterocycles. The molecule has 0 unspecified atom stereocenters. The number of hydrogen-bond acceptors (Lipinski definition) is 5. The van der Waals surface area contributed by atoms with Gasteiger partial charge >= 0.3 is 12.2 Å². The molecule has 0 saturated heterocycles. The Morgan fingerprint density at radius 2 is 1.81 bits per heavy atom. The zero-order valence-corrected chi connectivity index (χ0v) is 14.9. The number of carbonyl (C=O) groups is 1. The van der Waals surface area contributed by atoms with Crippen molar-refractivity contribution in [2.45, 2.75) is 12.7 Å². The first kappa shape index (κ1) is 20.0. The molecule has 0 aliphatic carbocycles. The van der Waals surface area contributed by atoms with Crippen molar-refractivity contribution in [3.05, 3.63) is 40.7 Å². The van der Waals surface area contributed by atoms with Crippen molar-refractivity contribution in [2.24, 2.45) is 0 Å². The van der Waals surface area contributed by atoms with E-state index < -0.39 is 23.0 Å². The van der Waals surface area contributed by atoms with Crippen LogP contribution in [0, 0.1) is 5.82 Å². The number of aromatic nitrogens is 2. The number of nitrogens with one attached hydrogen (secondary N) is 1. The maximum absolute atomic E-state index is 13.0. The molecule has 6 nitrogen and oxygen atoms in total. The molecular formula is C15H17F4N5OS. The van der Waals surface area contributed by atoms with Crippen LogP contribution in [0.25, 0.3) is 0 Å². The molecule has 1 aromatic carbocycles. The van der Waals surface area contributed by atoms with Crippen molar-refractivity contribution in [1.29, 1.82) is 0 Å². The van der Waals surface area contributed by atoms with Crippen LogP contribution in [-0.2, 0) is 12.7 Å². The maximum Gasteiger partial charge on any atom is 0.445 e. The first-order valence-corrected chi connectivity index (χ1v) is 8.32. The molecule has 1 N–H and O–H groups in total. The van der Waals surface area contributed by atoms with E-state index in [0.29, 0.717) is 18.7 Å². The molecule has 26 heavy (non-hydrogen) atoms. The smallest absolute Gasteiger partial charge is 0.319 e. The predicted molar refractivity (Wildman–Crippen MR) is 89.3 cm³/mol. The molecule has 0 aliphatic heterocycles. The van der Waals surface area contributed by atoms with Crippen LogP contribution < -0.4 is 5.32 Å². The van der Waals surface area contributed by atoms with Crippen LogP contribution in [0.3, 0.4) is 0 Å². The van der Waals surface area contributed by atoms with E-state index in [2.05, 4.69) is 15.5 Å². The molecule has 2 rings (SSSR count). The SMILES string of the molecule is CN(C)CCN(Cc1ccc(F)cc1)C(=O)Nc1nnc(C(F)(F)F)s1. The summed E-state index contributed by atoms with van der Waals surface area (Å²) in [6.07, 6.45) is -4.61. The fourth-order valence-corrected chi connectivity index (χ4v) is 2.54. The van der Waals surface area contributed by atoms with Gasteiger partial charge in [-0.1, -0.05) is 23.5 Å². The van der Waals surface area contributed by atoms with E-state index in [0.717, 1.165) is 0 Å². The van der Waals surface area contributed by atoms with E-state index in [-0.39, 0.29) is 23.0 Å². The molecule has 2 aromatic rings. The fraction of sp³-hybridized carbons (Fsp3) is 0.400. The van der Waals surface area contributed by atoms with Crippen molar-refractivity contribution in [2.75, 3.05) is 32.5 Å². The number of rotatable bonds is 6. The van der Waals surface area contributed by atoms with Crippen molar-refractivity contribution < 1.29 is 22.4 Å². The normalized spacial score (nSPS) is 11.7. The highest BCUT2D eigenvalue weighted by atomic mass is 32.1. The topological polar surface area (TPSA) is 61.4 Å². The van der Waals surface area contributed by atoms with Gasteiger partial charge < -0.3 is 9.80 Å². The summed E-state index contributed by atoms with van der Waals surface area (Å²) in [5.74, 6) is -0.397. The van der Waals surface area contributed by atoms with Gasteiger partial charge in [-0.3, -0.25) is 5.32 Å². The average molecular weight is 391 g/mol. The summed E-state index contributed by atoms with van der Waals surface area (Å²) in [7, 11) is 3.66. The monoisotopic (exact) mass is 391 g/mol. The first-order valence-electron chi connectivity index (χ1n) is 7.51. The van der Waals surface area contributed by atoms with Gasteiger partial charge in [0.25, 0.3) is 0 Å². The highest BCUT2D eigenvalue weighted by molar-refractivity contribution is 7.15. The minimum Gasteiger partial charge on any atom is -0.319 e. The number of amides is 2. The minimum absolute atomic E-state index is 0.172. The van der Waals surface area contributed by atoms with Gasteiger partial charge in [-0.2, -0.15) is 13.2 Å². The number of alkyl halides is 3. The number of benzene rings is 1. The molecular weight excluding hydrogens is 374 g/mol. The number of halogens is 4. The second-order valence-electron chi connectivity index (χ2n) is 5.69. The number of hydrogen-bond donors (Lipinski definition) is 1. The Labute approximate surface area is 151 Å². The summed E-state index contributed by atoms with van der Waals surface area (Å²) >= 11 is 0.252. The summed E-state index contributed by atoms with van der Waals surface area (Å²) in [6, 6.07) is 5.02. The van der Waals surface area contributed by atoms with Gasteiger partial charge in [-0.25, -0.2) is 9.18 Å². The summed E-state index contributed by atoms with van der Waals surface area (Å²) in [4.78, 5) is 15.7. The lowest BCUT2D eigenvalue weighted by Crippen LogP contribution is -2.39. The van der Waals surface area contributed by atoms with Crippen LogP contribution in [0.5, 0.6) is 0 Å². The summed E-state index contributed by atoms with van der Waals surface area (Å²) in [5, 5.41) is 7.33. The Hall–Kier alpha value is -2.27. The van der Waals surface area contributed by atoms with Gasteiger partial charge in [0.1, 0.15) is 5.82 Å². The van der Waals surface area contributed by atoms with Crippen molar-refractivity contribution >= 4 is 22.5 Å². The molecule has 0 bridgehead atoms. The van der Waals surface area contributed by atoms with E-state index in [4.69, 9.17) is 0 Å². The molecule has 0 aliphatic rings. The Morgan fingerprint density at radius 1 is 1.15 bits per heavy atom. The largest absolute Gasteiger partial charge is 0.445 e.